The maximum atomic E-state index is 11.9. The highest BCUT2D eigenvalue weighted by atomic mass is 16.5. The second-order valence-corrected chi connectivity index (χ2v) is 4.49. The molecule has 0 unspecified atom stereocenters. The molecule has 0 bridgehead atoms. The minimum Gasteiger partial charge on any atom is -0.469 e. The fourth-order valence-corrected chi connectivity index (χ4v) is 2.37. The monoisotopic (exact) mass is 233 g/mol. The van der Waals surface area contributed by atoms with Gasteiger partial charge in [-0.05, 0) is 31.5 Å². The van der Waals surface area contributed by atoms with Crippen molar-refractivity contribution in [3.8, 4) is 0 Å². The molecule has 1 atom stereocenters. The first-order valence-corrected chi connectivity index (χ1v) is 6.16. The smallest absolute Gasteiger partial charge is 0.314 e. The van der Waals surface area contributed by atoms with Crippen molar-refractivity contribution in [2.24, 2.45) is 0 Å². The number of benzene rings is 1. The average molecular weight is 233 g/mol. The van der Waals surface area contributed by atoms with E-state index in [2.05, 4.69) is 4.90 Å². The van der Waals surface area contributed by atoms with Crippen molar-refractivity contribution in [2.75, 3.05) is 26.7 Å². The maximum absolute atomic E-state index is 11.9. The van der Waals surface area contributed by atoms with Gasteiger partial charge in [-0.25, -0.2) is 0 Å². The lowest BCUT2D eigenvalue weighted by molar-refractivity contribution is -0.142. The van der Waals surface area contributed by atoms with Gasteiger partial charge in [-0.2, -0.15) is 0 Å². The van der Waals surface area contributed by atoms with E-state index in [1.165, 1.54) is 20.0 Å². The number of carbonyl (C=O) groups is 1. The van der Waals surface area contributed by atoms with Crippen molar-refractivity contribution >= 4 is 5.97 Å². The highest BCUT2D eigenvalue weighted by Crippen LogP contribution is 2.20. The molecule has 1 aromatic rings. The van der Waals surface area contributed by atoms with E-state index in [-0.39, 0.29) is 11.9 Å². The highest BCUT2D eigenvalue weighted by molar-refractivity contribution is 5.78. The van der Waals surface area contributed by atoms with Crippen molar-refractivity contribution in [1.29, 1.82) is 0 Å². The van der Waals surface area contributed by atoms with Crippen LogP contribution in [0.1, 0.15) is 24.3 Å². The summed E-state index contributed by atoms with van der Waals surface area (Å²) in [5.41, 5.74) is 1.05. The molecule has 17 heavy (non-hydrogen) atoms. The Morgan fingerprint density at radius 1 is 1.29 bits per heavy atom. The van der Waals surface area contributed by atoms with Crippen LogP contribution in [0, 0.1) is 0 Å². The molecule has 1 fully saturated rings. The number of nitrogens with zero attached hydrogens (tertiary/aromatic N) is 1. The van der Waals surface area contributed by atoms with Gasteiger partial charge in [0.1, 0.15) is 0 Å². The van der Waals surface area contributed by atoms with Gasteiger partial charge in [0.2, 0.25) is 0 Å². The van der Waals surface area contributed by atoms with Crippen LogP contribution in [-0.2, 0) is 9.53 Å². The summed E-state index contributed by atoms with van der Waals surface area (Å²) in [7, 11) is 1.46. The first-order valence-electron chi connectivity index (χ1n) is 6.16. The fraction of sp³-hybridized carbons (Fsp3) is 0.500. The summed E-state index contributed by atoms with van der Waals surface area (Å²) in [4.78, 5) is 14.2. The molecule has 3 heteroatoms. The van der Waals surface area contributed by atoms with Crippen LogP contribution in [0.25, 0.3) is 0 Å². The van der Waals surface area contributed by atoms with Crippen LogP contribution < -0.4 is 0 Å². The quantitative estimate of drug-likeness (QED) is 0.745. The lowest BCUT2D eigenvalue weighted by atomic mass is 9.99. The van der Waals surface area contributed by atoms with Gasteiger partial charge < -0.3 is 9.64 Å². The minimum atomic E-state index is -0.153. The number of ether oxygens (including phenoxy) is 1. The van der Waals surface area contributed by atoms with E-state index in [1.54, 1.807) is 0 Å². The largest absolute Gasteiger partial charge is 0.469 e. The summed E-state index contributed by atoms with van der Waals surface area (Å²) < 4.78 is 4.91. The Labute approximate surface area is 102 Å². The molecule has 3 nitrogen and oxygen atoms in total. The number of likely N-dealkylation sites (tertiary alicyclic amines) is 1. The molecule has 0 radical (unpaired) electrons. The zero-order valence-corrected chi connectivity index (χ0v) is 10.3. The van der Waals surface area contributed by atoms with Gasteiger partial charge in [0.25, 0.3) is 0 Å². The molecule has 1 heterocycles. The predicted molar refractivity (Wildman–Crippen MR) is 66.9 cm³/mol. The maximum Gasteiger partial charge on any atom is 0.314 e. The SMILES string of the molecule is COC(=O)[C@@H](CN1CCCC1)c1ccccc1. The van der Waals surface area contributed by atoms with Gasteiger partial charge >= 0.3 is 5.97 Å². The summed E-state index contributed by atoms with van der Waals surface area (Å²) in [6.07, 6.45) is 2.48. The third-order valence-electron chi connectivity index (χ3n) is 3.33. The van der Waals surface area contributed by atoms with E-state index < -0.39 is 0 Å². The van der Waals surface area contributed by atoms with Crippen molar-refractivity contribution in [3.05, 3.63) is 35.9 Å². The third kappa shape index (κ3) is 3.07. The molecule has 0 aromatic heterocycles. The van der Waals surface area contributed by atoms with E-state index in [0.29, 0.717) is 0 Å². The number of carbonyl (C=O) groups excluding carboxylic acids is 1. The van der Waals surface area contributed by atoms with Crippen LogP contribution in [-0.4, -0.2) is 37.6 Å². The molecule has 2 rings (SSSR count). The molecule has 1 aliphatic rings. The van der Waals surface area contributed by atoms with Crippen LogP contribution in [0.4, 0.5) is 0 Å². The van der Waals surface area contributed by atoms with Gasteiger partial charge in [-0.1, -0.05) is 30.3 Å². The van der Waals surface area contributed by atoms with E-state index in [4.69, 9.17) is 4.74 Å². The molecule has 0 N–H and O–H groups in total. The van der Waals surface area contributed by atoms with Crippen molar-refractivity contribution in [2.45, 2.75) is 18.8 Å². The third-order valence-corrected chi connectivity index (χ3v) is 3.33. The Kier molecular flexibility index (Phi) is 4.15. The number of hydrogen-bond donors (Lipinski definition) is 0. The predicted octanol–water partition coefficient (Wildman–Crippen LogP) is 2.04. The Balaban J connectivity index is 2.10. The zero-order valence-electron chi connectivity index (χ0n) is 10.3. The normalized spacial score (nSPS) is 17.9. The average Bonchev–Trinajstić information content (AvgIpc) is 2.89. The van der Waals surface area contributed by atoms with Crippen molar-refractivity contribution < 1.29 is 9.53 Å². The minimum absolute atomic E-state index is 0.136. The molecular weight excluding hydrogens is 214 g/mol. The van der Waals surface area contributed by atoms with Crippen molar-refractivity contribution in [1.82, 2.24) is 4.90 Å². The van der Waals surface area contributed by atoms with Gasteiger partial charge in [0.05, 0.1) is 13.0 Å². The lowest BCUT2D eigenvalue weighted by Gasteiger charge is -2.21. The van der Waals surface area contributed by atoms with Gasteiger partial charge in [0, 0.05) is 6.54 Å². The van der Waals surface area contributed by atoms with E-state index >= 15 is 0 Å². The first kappa shape index (κ1) is 12.1. The Morgan fingerprint density at radius 3 is 2.53 bits per heavy atom. The van der Waals surface area contributed by atoms with Crippen LogP contribution in [0.2, 0.25) is 0 Å². The summed E-state index contributed by atoms with van der Waals surface area (Å²) in [5, 5.41) is 0. The molecule has 0 saturated carbocycles. The number of hydrogen-bond acceptors (Lipinski definition) is 3. The van der Waals surface area contributed by atoms with Crippen LogP contribution in [0.3, 0.4) is 0 Å². The van der Waals surface area contributed by atoms with E-state index in [9.17, 15) is 4.79 Å². The number of methoxy groups -OCH3 is 1. The molecule has 0 amide bonds. The Bertz CT molecular complexity index is 358. The van der Waals surface area contributed by atoms with E-state index in [1.807, 2.05) is 30.3 Å². The van der Waals surface area contributed by atoms with Gasteiger partial charge in [0.15, 0.2) is 0 Å². The van der Waals surface area contributed by atoms with Gasteiger partial charge in [-0.3, -0.25) is 4.79 Å². The van der Waals surface area contributed by atoms with Gasteiger partial charge in [-0.15, -0.1) is 0 Å². The van der Waals surface area contributed by atoms with Crippen LogP contribution in [0.5, 0.6) is 0 Å². The molecular formula is C14H19NO2. The molecule has 1 aromatic carbocycles. The van der Waals surface area contributed by atoms with E-state index in [0.717, 1.165) is 25.2 Å². The lowest BCUT2D eigenvalue weighted by Crippen LogP contribution is -2.30. The standard InChI is InChI=1S/C14H19NO2/c1-17-14(16)13(11-15-9-5-6-10-15)12-7-3-2-4-8-12/h2-4,7-8,13H,5-6,9-11H2,1H3/t13-/m0/s1. The number of esters is 1. The van der Waals surface area contributed by atoms with Crippen LogP contribution in [0.15, 0.2) is 30.3 Å². The summed E-state index contributed by atoms with van der Waals surface area (Å²) in [6.45, 7) is 2.97. The van der Waals surface area contributed by atoms with Crippen molar-refractivity contribution in [3.63, 3.8) is 0 Å². The zero-order chi connectivity index (χ0) is 12.1. The Morgan fingerprint density at radius 2 is 1.94 bits per heavy atom. The Hall–Kier alpha value is -1.35. The fourth-order valence-electron chi connectivity index (χ4n) is 2.37. The molecule has 1 aliphatic heterocycles. The highest BCUT2D eigenvalue weighted by Gasteiger charge is 2.25. The molecule has 1 saturated heterocycles. The topological polar surface area (TPSA) is 29.5 Å². The summed E-state index contributed by atoms with van der Waals surface area (Å²) in [6, 6.07) is 9.90. The molecule has 0 spiro atoms. The number of rotatable bonds is 4. The summed E-state index contributed by atoms with van der Waals surface area (Å²) in [5.74, 6) is -0.289. The second-order valence-electron chi connectivity index (χ2n) is 4.49. The van der Waals surface area contributed by atoms with Crippen LogP contribution >= 0.6 is 0 Å². The molecule has 92 valence electrons. The second kappa shape index (κ2) is 5.82. The first-order chi connectivity index (χ1) is 8.31. The molecule has 0 aliphatic carbocycles. The summed E-state index contributed by atoms with van der Waals surface area (Å²) >= 11 is 0.